The van der Waals surface area contributed by atoms with E-state index in [1.54, 1.807) is 18.1 Å². The molecule has 0 spiro atoms. The van der Waals surface area contributed by atoms with Gasteiger partial charge in [-0.2, -0.15) is 5.10 Å². The highest BCUT2D eigenvalue weighted by molar-refractivity contribution is 5.94. The summed E-state index contributed by atoms with van der Waals surface area (Å²) in [5.41, 5.74) is 1.00. The van der Waals surface area contributed by atoms with Gasteiger partial charge in [-0.25, -0.2) is 0 Å². The van der Waals surface area contributed by atoms with Crippen molar-refractivity contribution in [3.8, 4) is 17.0 Å². The van der Waals surface area contributed by atoms with Crippen LogP contribution in [0.3, 0.4) is 0 Å². The van der Waals surface area contributed by atoms with Crippen molar-refractivity contribution in [1.82, 2.24) is 15.1 Å². The minimum absolute atomic E-state index is 0.0468. The fourth-order valence-electron chi connectivity index (χ4n) is 3.41. The van der Waals surface area contributed by atoms with Gasteiger partial charge >= 0.3 is 5.97 Å². The van der Waals surface area contributed by atoms with E-state index in [-0.39, 0.29) is 18.4 Å². The molecule has 1 aromatic carbocycles. The number of aromatic amines is 1. The predicted octanol–water partition coefficient (Wildman–Crippen LogP) is 2.66. The van der Waals surface area contributed by atoms with Crippen molar-refractivity contribution in [3.05, 3.63) is 36.0 Å². The molecule has 3 rings (SSSR count). The first-order valence-electron chi connectivity index (χ1n) is 8.60. The highest BCUT2D eigenvalue weighted by atomic mass is 16.5. The molecule has 0 aliphatic carbocycles. The van der Waals surface area contributed by atoms with E-state index >= 15 is 0 Å². The Morgan fingerprint density at radius 2 is 2.00 bits per heavy atom. The minimum Gasteiger partial charge on any atom is -0.497 e. The molecule has 1 fully saturated rings. The molecule has 0 radical (unpaired) electrons. The summed E-state index contributed by atoms with van der Waals surface area (Å²) in [6.07, 6.45) is 0.464. The Balaban J connectivity index is 1.77. The fraction of sp³-hybridized carbons (Fsp3) is 0.421. The summed E-state index contributed by atoms with van der Waals surface area (Å²) in [6, 6.07) is 9.09. The molecule has 1 unspecified atom stereocenters. The Morgan fingerprint density at radius 1 is 1.31 bits per heavy atom. The van der Waals surface area contributed by atoms with E-state index in [0.717, 1.165) is 11.3 Å². The van der Waals surface area contributed by atoms with E-state index in [4.69, 9.17) is 4.74 Å². The zero-order valence-corrected chi connectivity index (χ0v) is 15.2. The summed E-state index contributed by atoms with van der Waals surface area (Å²) in [5.74, 6) is -0.363. The van der Waals surface area contributed by atoms with Gasteiger partial charge in [-0.3, -0.25) is 14.7 Å². The van der Waals surface area contributed by atoms with Crippen molar-refractivity contribution in [2.24, 2.45) is 11.3 Å². The van der Waals surface area contributed by atoms with E-state index in [9.17, 15) is 14.7 Å². The van der Waals surface area contributed by atoms with Crippen molar-refractivity contribution >= 4 is 11.9 Å². The Bertz CT molecular complexity index is 812. The Morgan fingerprint density at radius 3 is 2.54 bits per heavy atom. The van der Waals surface area contributed by atoms with Gasteiger partial charge in [0.1, 0.15) is 11.4 Å². The first kappa shape index (κ1) is 18.0. The number of likely N-dealkylation sites (tertiary alicyclic amines) is 1. The second-order valence-electron chi connectivity index (χ2n) is 6.99. The van der Waals surface area contributed by atoms with Crippen LogP contribution in [0.2, 0.25) is 0 Å². The number of ether oxygens (including phenoxy) is 1. The van der Waals surface area contributed by atoms with E-state index in [0.29, 0.717) is 24.4 Å². The fourth-order valence-corrected chi connectivity index (χ4v) is 3.41. The van der Waals surface area contributed by atoms with Gasteiger partial charge < -0.3 is 14.7 Å². The van der Waals surface area contributed by atoms with Gasteiger partial charge in [-0.1, -0.05) is 13.8 Å². The number of amides is 1. The van der Waals surface area contributed by atoms with Crippen molar-refractivity contribution < 1.29 is 19.4 Å². The van der Waals surface area contributed by atoms with E-state index < -0.39 is 11.4 Å². The summed E-state index contributed by atoms with van der Waals surface area (Å²) in [7, 11) is 1.60. The summed E-state index contributed by atoms with van der Waals surface area (Å²) in [5, 5.41) is 16.6. The summed E-state index contributed by atoms with van der Waals surface area (Å²) >= 11 is 0. The third kappa shape index (κ3) is 3.05. The molecule has 2 N–H and O–H groups in total. The molecule has 2 aromatic rings. The van der Waals surface area contributed by atoms with Crippen LogP contribution in [-0.4, -0.2) is 52.3 Å². The molecule has 1 atom stereocenters. The standard InChI is InChI=1S/C19H23N3O4/c1-12(2)19(18(24)25)8-9-22(11-19)17(23)16-10-15(20-21-16)13-4-6-14(26-3)7-5-13/h4-7,10,12H,8-9,11H2,1-3H3,(H,20,21)(H,24,25). The number of H-pyrrole nitrogens is 1. The van der Waals surface area contributed by atoms with Gasteiger partial charge in [0, 0.05) is 18.7 Å². The van der Waals surface area contributed by atoms with Gasteiger partial charge in [0.15, 0.2) is 0 Å². The van der Waals surface area contributed by atoms with Gasteiger partial charge in [0.2, 0.25) is 0 Å². The molecule has 138 valence electrons. The van der Waals surface area contributed by atoms with E-state index in [1.807, 2.05) is 38.1 Å². The number of carboxylic acids is 1. The Kier molecular flexibility index (Phi) is 4.71. The van der Waals surface area contributed by atoms with Crippen LogP contribution < -0.4 is 4.74 Å². The van der Waals surface area contributed by atoms with Crippen molar-refractivity contribution in [3.63, 3.8) is 0 Å². The molecule has 7 heteroatoms. The predicted molar refractivity (Wildman–Crippen MR) is 96.0 cm³/mol. The lowest BCUT2D eigenvalue weighted by Crippen LogP contribution is -2.40. The molecular weight excluding hydrogens is 334 g/mol. The van der Waals surface area contributed by atoms with Crippen LogP contribution >= 0.6 is 0 Å². The molecule has 0 bridgehead atoms. The third-order valence-corrected chi connectivity index (χ3v) is 5.31. The number of nitrogens with zero attached hydrogens (tertiary/aromatic N) is 2. The lowest BCUT2D eigenvalue weighted by atomic mass is 9.76. The van der Waals surface area contributed by atoms with Crippen LogP contribution in [0, 0.1) is 11.3 Å². The molecule has 7 nitrogen and oxygen atoms in total. The minimum atomic E-state index is -0.880. The van der Waals surface area contributed by atoms with Gasteiger partial charge in [-0.15, -0.1) is 0 Å². The first-order chi connectivity index (χ1) is 12.4. The molecule has 26 heavy (non-hydrogen) atoms. The Labute approximate surface area is 152 Å². The number of rotatable bonds is 5. The van der Waals surface area contributed by atoms with Crippen LogP contribution in [0.5, 0.6) is 5.75 Å². The number of hydrogen-bond donors (Lipinski definition) is 2. The number of carboxylic acid groups (broad SMARTS) is 1. The number of methoxy groups -OCH3 is 1. The number of hydrogen-bond acceptors (Lipinski definition) is 4. The van der Waals surface area contributed by atoms with Crippen LogP contribution in [0.25, 0.3) is 11.3 Å². The second-order valence-corrected chi connectivity index (χ2v) is 6.99. The number of nitrogens with one attached hydrogen (secondary N) is 1. The summed E-state index contributed by atoms with van der Waals surface area (Å²) in [6.45, 7) is 4.43. The number of benzene rings is 1. The number of carbonyl (C=O) groups excluding carboxylic acids is 1. The molecule has 0 saturated carbocycles. The van der Waals surface area contributed by atoms with Gasteiger partial charge in [0.25, 0.3) is 5.91 Å². The smallest absolute Gasteiger partial charge is 0.311 e. The average molecular weight is 357 g/mol. The number of carbonyl (C=O) groups is 2. The van der Waals surface area contributed by atoms with Crippen LogP contribution in [0.1, 0.15) is 30.8 Å². The molecule has 1 aliphatic rings. The molecule has 2 heterocycles. The van der Waals surface area contributed by atoms with Crippen LogP contribution in [0.4, 0.5) is 0 Å². The summed E-state index contributed by atoms with van der Waals surface area (Å²) in [4.78, 5) is 26.1. The lowest BCUT2D eigenvalue weighted by Gasteiger charge is -2.28. The van der Waals surface area contributed by atoms with E-state index in [2.05, 4.69) is 10.2 Å². The first-order valence-corrected chi connectivity index (χ1v) is 8.60. The van der Waals surface area contributed by atoms with Crippen LogP contribution in [-0.2, 0) is 4.79 Å². The highest BCUT2D eigenvalue weighted by Gasteiger charge is 2.48. The Hall–Kier alpha value is -2.83. The zero-order valence-electron chi connectivity index (χ0n) is 15.2. The van der Waals surface area contributed by atoms with Crippen molar-refractivity contribution in [2.75, 3.05) is 20.2 Å². The SMILES string of the molecule is COc1ccc(-c2cc(C(=O)N3CCC(C(=O)O)(C(C)C)C3)[nH]n2)cc1. The molecule has 1 amide bonds. The molecule has 1 aliphatic heterocycles. The topological polar surface area (TPSA) is 95.5 Å². The molecule has 1 aromatic heterocycles. The quantitative estimate of drug-likeness (QED) is 0.858. The van der Waals surface area contributed by atoms with Crippen LogP contribution in [0.15, 0.2) is 30.3 Å². The molecule has 1 saturated heterocycles. The summed E-state index contributed by atoms with van der Waals surface area (Å²) < 4.78 is 5.14. The monoisotopic (exact) mass is 357 g/mol. The normalized spacial score (nSPS) is 19.8. The van der Waals surface area contributed by atoms with Gasteiger partial charge in [0.05, 0.1) is 18.2 Å². The maximum atomic E-state index is 12.8. The maximum absolute atomic E-state index is 12.8. The van der Waals surface area contributed by atoms with E-state index in [1.165, 1.54) is 0 Å². The van der Waals surface area contributed by atoms with Crippen molar-refractivity contribution in [1.29, 1.82) is 0 Å². The van der Waals surface area contributed by atoms with Gasteiger partial charge in [-0.05, 0) is 42.7 Å². The second kappa shape index (κ2) is 6.82. The zero-order chi connectivity index (χ0) is 18.9. The average Bonchev–Trinajstić information content (AvgIpc) is 3.29. The van der Waals surface area contributed by atoms with Crippen molar-refractivity contribution in [2.45, 2.75) is 20.3 Å². The largest absolute Gasteiger partial charge is 0.497 e. The lowest BCUT2D eigenvalue weighted by molar-refractivity contribution is -0.150. The maximum Gasteiger partial charge on any atom is 0.311 e. The third-order valence-electron chi connectivity index (χ3n) is 5.31. The number of aliphatic carboxylic acids is 1. The number of aromatic nitrogens is 2. The molecular formula is C19H23N3O4. The highest BCUT2D eigenvalue weighted by Crippen LogP contribution is 2.38.